The Hall–Kier alpha value is -3.64. The van der Waals surface area contributed by atoms with E-state index >= 15 is 0 Å². The molecule has 1 aromatic heterocycles. The monoisotopic (exact) mass is 401 g/mol. The molecule has 1 heterocycles. The Morgan fingerprint density at radius 1 is 1.18 bits per heavy atom. The van der Waals surface area contributed by atoms with Crippen LogP contribution in [0.15, 0.2) is 57.8 Å². The van der Waals surface area contributed by atoms with Crippen molar-refractivity contribution in [2.24, 2.45) is 0 Å². The molecule has 0 saturated heterocycles. The number of fused-ring (bicyclic) bond motifs is 1. The first-order chi connectivity index (χ1) is 13.3. The van der Waals surface area contributed by atoms with Crippen LogP contribution in [-0.2, 0) is 25.6 Å². The summed E-state index contributed by atoms with van der Waals surface area (Å²) in [6, 6.07) is 10.6. The van der Waals surface area contributed by atoms with Crippen LogP contribution in [0.2, 0.25) is 0 Å². The van der Waals surface area contributed by atoms with Crippen molar-refractivity contribution < 1.29 is 31.0 Å². The van der Waals surface area contributed by atoms with Gasteiger partial charge < -0.3 is 13.9 Å². The second kappa shape index (κ2) is 7.54. The predicted molar refractivity (Wildman–Crippen MR) is 95.9 cm³/mol. The molecule has 0 saturated carbocycles. The van der Waals surface area contributed by atoms with Gasteiger partial charge in [0.15, 0.2) is 0 Å². The van der Waals surface area contributed by atoms with Gasteiger partial charge in [0.05, 0.1) is 0 Å². The standard InChI is InChI=1S/C19H12FNO6S/c1-2-18(22)21-11-12-7-8-13-10-16(26-15(13)9-12)19(23)27-28(24,25)17-6-4-3-5-14(17)20/h1,3-10H,11H2,(H,21,22). The van der Waals surface area contributed by atoms with Crippen molar-refractivity contribution >= 4 is 33.0 Å². The van der Waals surface area contributed by atoms with Crippen LogP contribution < -0.4 is 5.32 Å². The third-order valence-electron chi connectivity index (χ3n) is 3.66. The summed E-state index contributed by atoms with van der Waals surface area (Å²) in [5.74, 6) is -1.38. The Balaban J connectivity index is 1.81. The molecule has 0 radical (unpaired) electrons. The predicted octanol–water partition coefficient (Wildman–Crippen LogP) is 2.37. The van der Waals surface area contributed by atoms with Gasteiger partial charge in [-0.25, -0.2) is 9.18 Å². The average molecular weight is 401 g/mol. The minimum absolute atomic E-state index is 0.140. The summed E-state index contributed by atoms with van der Waals surface area (Å²) < 4.78 is 47.7. The molecule has 0 aliphatic heterocycles. The van der Waals surface area contributed by atoms with Gasteiger partial charge in [-0.15, -0.1) is 6.42 Å². The van der Waals surface area contributed by atoms with E-state index in [2.05, 4.69) is 9.50 Å². The van der Waals surface area contributed by atoms with Crippen LogP contribution in [0, 0.1) is 18.2 Å². The second-order valence-corrected chi connectivity index (χ2v) is 7.08. The highest BCUT2D eigenvalue weighted by molar-refractivity contribution is 7.87. The van der Waals surface area contributed by atoms with Gasteiger partial charge in [-0.05, 0) is 35.7 Å². The van der Waals surface area contributed by atoms with Gasteiger partial charge in [-0.2, -0.15) is 8.42 Å². The average Bonchev–Trinajstić information content (AvgIpc) is 3.09. The summed E-state index contributed by atoms with van der Waals surface area (Å²) in [7, 11) is -4.66. The molecule has 3 rings (SSSR count). The van der Waals surface area contributed by atoms with Crippen molar-refractivity contribution in [3.05, 3.63) is 65.7 Å². The number of rotatable bonds is 5. The summed E-state index contributed by atoms with van der Waals surface area (Å²) in [4.78, 5) is 22.5. The van der Waals surface area contributed by atoms with E-state index < -0.39 is 32.7 Å². The van der Waals surface area contributed by atoms with Crippen molar-refractivity contribution in [3.63, 3.8) is 0 Å². The van der Waals surface area contributed by atoms with E-state index in [-0.39, 0.29) is 17.9 Å². The lowest BCUT2D eigenvalue weighted by Gasteiger charge is -2.04. The maximum atomic E-state index is 13.7. The SMILES string of the molecule is C#CC(=O)NCc1ccc2cc(C(=O)OS(=O)(=O)c3ccccc3F)oc2c1. The Labute approximate surface area is 159 Å². The topological polar surface area (TPSA) is 103 Å². The van der Waals surface area contributed by atoms with Crippen LogP contribution in [0.25, 0.3) is 11.0 Å². The molecule has 28 heavy (non-hydrogen) atoms. The number of benzene rings is 2. The highest BCUT2D eigenvalue weighted by atomic mass is 32.2. The summed E-state index contributed by atoms with van der Waals surface area (Å²) >= 11 is 0. The fourth-order valence-corrected chi connectivity index (χ4v) is 3.28. The molecular formula is C19H12FNO6S. The number of furan rings is 1. The molecule has 9 heteroatoms. The largest absolute Gasteiger partial charge is 0.449 e. The smallest absolute Gasteiger partial charge is 0.389 e. The van der Waals surface area contributed by atoms with Gasteiger partial charge in [0.2, 0.25) is 5.76 Å². The quantitative estimate of drug-likeness (QED) is 0.520. The van der Waals surface area contributed by atoms with Crippen LogP contribution in [-0.4, -0.2) is 20.3 Å². The van der Waals surface area contributed by atoms with Crippen molar-refractivity contribution in [3.8, 4) is 12.3 Å². The fraction of sp³-hybridized carbons (Fsp3) is 0.0526. The lowest BCUT2D eigenvalue weighted by atomic mass is 10.1. The number of hydrogen-bond donors (Lipinski definition) is 1. The molecule has 0 atom stereocenters. The minimum atomic E-state index is -4.66. The van der Waals surface area contributed by atoms with Crippen LogP contribution in [0.4, 0.5) is 4.39 Å². The lowest BCUT2D eigenvalue weighted by molar-refractivity contribution is -0.115. The van der Waals surface area contributed by atoms with Gasteiger partial charge in [0, 0.05) is 11.9 Å². The molecule has 3 aromatic rings. The molecule has 1 N–H and O–H groups in total. The van der Waals surface area contributed by atoms with E-state index in [1.807, 2.05) is 5.92 Å². The minimum Gasteiger partial charge on any atom is -0.449 e. The molecule has 142 valence electrons. The zero-order valence-corrected chi connectivity index (χ0v) is 15.0. The number of halogens is 1. The molecular weight excluding hydrogens is 389 g/mol. The van der Waals surface area contributed by atoms with Crippen molar-refractivity contribution in [1.29, 1.82) is 0 Å². The molecule has 0 fully saturated rings. The van der Waals surface area contributed by atoms with E-state index in [4.69, 9.17) is 10.8 Å². The number of carbonyl (C=O) groups is 2. The molecule has 2 aromatic carbocycles. The maximum absolute atomic E-state index is 13.7. The molecule has 0 bridgehead atoms. The molecule has 1 amide bonds. The van der Waals surface area contributed by atoms with Crippen LogP contribution in [0.1, 0.15) is 16.1 Å². The van der Waals surface area contributed by atoms with Gasteiger partial charge in [-0.1, -0.05) is 24.3 Å². The molecule has 7 nitrogen and oxygen atoms in total. The number of amides is 1. The summed E-state index contributed by atoms with van der Waals surface area (Å²) in [5, 5.41) is 2.98. The second-order valence-electron chi connectivity index (χ2n) is 5.57. The van der Waals surface area contributed by atoms with Gasteiger partial charge in [-0.3, -0.25) is 4.79 Å². The van der Waals surface area contributed by atoms with E-state index in [9.17, 15) is 22.4 Å². The highest BCUT2D eigenvalue weighted by Gasteiger charge is 2.26. The van der Waals surface area contributed by atoms with E-state index in [1.54, 1.807) is 18.2 Å². The molecule has 0 aliphatic rings. The van der Waals surface area contributed by atoms with E-state index in [1.165, 1.54) is 18.2 Å². The summed E-state index contributed by atoms with van der Waals surface area (Å²) in [6.07, 6.45) is 4.96. The Morgan fingerprint density at radius 3 is 2.64 bits per heavy atom. The number of carbonyl (C=O) groups excluding carboxylic acids is 2. The number of hydrogen-bond acceptors (Lipinski definition) is 6. The maximum Gasteiger partial charge on any atom is 0.389 e. The van der Waals surface area contributed by atoms with Crippen molar-refractivity contribution in [2.45, 2.75) is 11.4 Å². The Morgan fingerprint density at radius 2 is 1.93 bits per heavy atom. The van der Waals surface area contributed by atoms with Crippen LogP contribution in [0.5, 0.6) is 0 Å². The number of nitrogens with one attached hydrogen (secondary N) is 1. The highest BCUT2D eigenvalue weighted by Crippen LogP contribution is 2.23. The zero-order valence-electron chi connectivity index (χ0n) is 14.1. The molecule has 0 aliphatic carbocycles. The number of terminal acetylenes is 1. The fourth-order valence-electron chi connectivity index (χ4n) is 2.35. The third kappa shape index (κ3) is 4.02. The van der Waals surface area contributed by atoms with Gasteiger partial charge in [0.25, 0.3) is 5.91 Å². The van der Waals surface area contributed by atoms with E-state index in [0.717, 1.165) is 12.1 Å². The Bertz CT molecular complexity index is 1220. The van der Waals surface area contributed by atoms with Crippen LogP contribution in [0.3, 0.4) is 0 Å². The zero-order chi connectivity index (χ0) is 20.3. The Kier molecular flexibility index (Phi) is 5.15. The first-order valence-corrected chi connectivity index (χ1v) is 9.21. The van der Waals surface area contributed by atoms with Gasteiger partial charge >= 0.3 is 16.1 Å². The first kappa shape index (κ1) is 19.1. The first-order valence-electron chi connectivity index (χ1n) is 7.80. The third-order valence-corrected chi connectivity index (χ3v) is 4.90. The van der Waals surface area contributed by atoms with Crippen LogP contribution >= 0.6 is 0 Å². The van der Waals surface area contributed by atoms with Gasteiger partial charge in [0.1, 0.15) is 16.3 Å². The van der Waals surface area contributed by atoms with E-state index in [0.29, 0.717) is 10.9 Å². The summed E-state index contributed by atoms with van der Waals surface area (Å²) in [6.45, 7) is 0.140. The van der Waals surface area contributed by atoms with Crippen molar-refractivity contribution in [2.75, 3.05) is 0 Å². The molecule has 0 spiro atoms. The summed E-state index contributed by atoms with van der Waals surface area (Å²) in [5.41, 5.74) is 0.909. The molecule has 0 unspecified atom stereocenters. The normalized spacial score (nSPS) is 11.0. The lowest BCUT2D eigenvalue weighted by Crippen LogP contribution is -2.20. The van der Waals surface area contributed by atoms with Crippen molar-refractivity contribution in [1.82, 2.24) is 5.32 Å².